The first-order valence-corrected chi connectivity index (χ1v) is 12.8. The van der Waals surface area contributed by atoms with Crippen LogP contribution in [0, 0.1) is 34.4 Å². The fourth-order valence-corrected chi connectivity index (χ4v) is 8.88. The van der Waals surface area contributed by atoms with Crippen molar-refractivity contribution in [3.8, 4) is 0 Å². The van der Waals surface area contributed by atoms with Crippen molar-refractivity contribution in [3.63, 3.8) is 0 Å². The SMILES string of the molecule is C[C@]12CC[C@H](O)CC1=CC[C@@H]1[C@@H]2CC[C@@]2(C)[C@H]1CC[C@@]21N=C([C@@H](O)c2ccc(F)cc2)[C@H]1O. The second-order valence-corrected chi connectivity index (χ2v) is 12.0. The monoisotopic (exact) mass is 453 g/mol. The number of aliphatic imine (C=N–C) groups is 1. The lowest BCUT2D eigenvalue weighted by Crippen LogP contribution is -2.65. The smallest absolute Gasteiger partial charge is 0.123 e. The Bertz CT molecular complexity index is 1020. The van der Waals surface area contributed by atoms with E-state index in [9.17, 15) is 19.7 Å². The largest absolute Gasteiger partial charge is 0.393 e. The molecule has 3 fully saturated rings. The number of fused-ring (bicyclic) bond motifs is 6. The maximum Gasteiger partial charge on any atom is 0.123 e. The van der Waals surface area contributed by atoms with Crippen LogP contribution in [0.1, 0.15) is 76.9 Å². The van der Waals surface area contributed by atoms with E-state index in [1.54, 1.807) is 12.1 Å². The van der Waals surface area contributed by atoms with E-state index in [2.05, 4.69) is 19.9 Å². The van der Waals surface area contributed by atoms with E-state index in [1.165, 1.54) is 17.7 Å². The average Bonchev–Trinajstić information content (AvgIpc) is 3.12. The van der Waals surface area contributed by atoms with Crippen molar-refractivity contribution < 1.29 is 19.7 Å². The summed E-state index contributed by atoms with van der Waals surface area (Å²) >= 11 is 0. The third-order valence-electron chi connectivity index (χ3n) is 10.8. The molecule has 1 heterocycles. The van der Waals surface area contributed by atoms with Gasteiger partial charge in [-0.2, -0.15) is 0 Å². The predicted molar refractivity (Wildman–Crippen MR) is 125 cm³/mol. The van der Waals surface area contributed by atoms with Crippen LogP contribution in [0.4, 0.5) is 4.39 Å². The van der Waals surface area contributed by atoms with Gasteiger partial charge in [-0.3, -0.25) is 4.99 Å². The second kappa shape index (κ2) is 7.22. The first-order chi connectivity index (χ1) is 15.7. The molecule has 5 heteroatoms. The summed E-state index contributed by atoms with van der Waals surface area (Å²) in [6.07, 6.45) is 8.51. The van der Waals surface area contributed by atoms with Crippen molar-refractivity contribution in [2.75, 3.05) is 0 Å². The molecule has 0 bridgehead atoms. The molecule has 1 aliphatic heterocycles. The number of allylic oxidation sites excluding steroid dienone is 1. The van der Waals surface area contributed by atoms with Gasteiger partial charge in [-0.25, -0.2) is 4.39 Å². The lowest BCUT2D eigenvalue weighted by molar-refractivity contribution is -0.0791. The molecular formula is C28H36FNO3. The molecule has 4 nitrogen and oxygen atoms in total. The van der Waals surface area contributed by atoms with Gasteiger partial charge in [0.05, 0.1) is 17.4 Å². The number of aliphatic hydroxyl groups excluding tert-OH is 3. The number of aliphatic hydroxyl groups is 3. The minimum atomic E-state index is -0.988. The van der Waals surface area contributed by atoms with Crippen molar-refractivity contribution in [3.05, 3.63) is 47.3 Å². The zero-order chi connectivity index (χ0) is 23.2. The van der Waals surface area contributed by atoms with Crippen LogP contribution in [0.25, 0.3) is 0 Å². The highest BCUT2D eigenvalue weighted by atomic mass is 19.1. The zero-order valence-corrected chi connectivity index (χ0v) is 19.7. The van der Waals surface area contributed by atoms with Crippen LogP contribution in [0.2, 0.25) is 0 Å². The summed E-state index contributed by atoms with van der Waals surface area (Å²) in [6.45, 7) is 4.77. The van der Waals surface area contributed by atoms with Gasteiger partial charge < -0.3 is 15.3 Å². The van der Waals surface area contributed by atoms with Gasteiger partial charge in [0.1, 0.15) is 18.0 Å². The molecule has 0 unspecified atom stereocenters. The topological polar surface area (TPSA) is 73.1 Å². The molecule has 0 radical (unpaired) electrons. The van der Waals surface area contributed by atoms with E-state index in [1.807, 2.05) is 0 Å². The van der Waals surface area contributed by atoms with Gasteiger partial charge in [-0.05, 0) is 97.6 Å². The number of benzene rings is 1. The van der Waals surface area contributed by atoms with Crippen molar-refractivity contribution in [2.45, 2.75) is 89.1 Å². The zero-order valence-electron chi connectivity index (χ0n) is 19.7. The number of hydrogen-bond donors (Lipinski definition) is 3. The van der Waals surface area contributed by atoms with Crippen LogP contribution >= 0.6 is 0 Å². The second-order valence-electron chi connectivity index (χ2n) is 12.0. The molecule has 9 atom stereocenters. The fraction of sp³-hybridized carbons (Fsp3) is 0.679. The molecule has 33 heavy (non-hydrogen) atoms. The number of hydrogen-bond acceptors (Lipinski definition) is 4. The Morgan fingerprint density at radius 1 is 1.00 bits per heavy atom. The Balaban J connectivity index is 1.29. The van der Waals surface area contributed by atoms with Gasteiger partial charge in [0.2, 0.25) is 0 Å². The van der Waals surface area contributed by atoms with E-state index in [0.29, 0.717) is 29.0 Å². The molecule has 0 amide bonds. The van der Waals surface area contributed by atoms with Gasteiger partial charge in [0.15, 0.2) is 0 Å². The van der Waals surface area contributed by atoms with Gasteiger partial charge in [0.25, 0.3) is 0 Å². The molecule has 178 valence electrons. The summed E-state index contributed by atoms with van der Waals surface area (Å²) < 4.78 is 13.3. The maximum absolute atomic E-state index is 13.3. The molecule has 3 saturated carbocycles. The molecule has 0 saturated heterocycles. The minimum absolute atomic E-state index is 0.0739. The van der Waals surface area contributed by atoms with Crippen molar-refractivity contribution in [2.24, 2.45) is 33.6 Å². The highest BCUT2D eigenvalue weighted by Crippen LogP contribution is 2.70. The van der Waals surface area contributed by atoms with Crippen LogP contribution in [0.15, 0.2) is 40.9 Å². The number of rotatable bonds is 2. The van der Waals surface area contributed by atoms with E-state index >= 15 is 0 Å². The maximum atomic E-state index is 13.3. The van der Waals surface area contributed by atoms with E-state index in [0.717, 1.165) is 51.4 Å². The van der Waals surface area contributed by atoms with Crippen LogP contribution < -0.4 is 0 Å². The van der Waals surface area contributed by atoms with E-state index in [-0.39, 0.29) is 22.8 Å². The molecule has 4 aliphatic carbocycles. The van der Waals surface area contributed by atoms with Crippen LogP contribution in [-0.2, 0) is 0 Å². The first-order valence-electron chi connectivity index (χ1n) is 12.8. The fourth-order valence-electron chi connectivity index (χ4n) is 8.88. The molecule has 1 spiro atoms. The lowest BCUT2D eigenvalue weighted by atomic mass is 9.45. The Morgan fingerprint density at radius 3 is 2.45 bits per heavy atom. The predicted octanol–water partition coefficient (Wildman–Crippen LogP) is 4.74. The number of nitrogens with zero attached hydrogens (tertiary/aromatic N) is 1. The van der Waals surface area contributed by atoms with Crippen LogP contribution in [0.3, 0.4) is 0 Å². The third-order valence-corrected chi connectivity index (χ3v) is 10.8. The van der Waals surface area contributed by atoms with Gasteiger partial charge >= 0.3 is 0 Å². The summed E-state index contributed by atoms with van der Waals surface area (Å²) in [4.78, 5) is 5.01. The van der Waals surface area contributed by atoms with Crippen molar-refractivity contribution >= 4 is 5.71 Å². The van der Waals surface area contributed by atoms with Gasteiger partial charge in [0, 0.05) is 0 Å². The van der Waals surface area contributed by atoms with Crippen molar-refractivity contribution in [1.82, 2.24) is 0 Å². The Morgan fingerprint density at radius 2 is 1.73 bits per heavy atom. The Labute approximate surface area is 195 Å². The summed E-state index contributed by atoms with van der Waals surface area (Å²) in [6, 6.07) is 5.81. The summed E-state index contributed by atoms with van der Waals surface area (Å²) in [7, 11) is 0. The highest BCUT2D eigenvalue weighted by molar-refractivity contribution is 5.99. The minimum Gasteiger partial charge on any atom is -0.393 e. The Hall–Kier alpha value is -1.56. The van der Waals surface area contributed by atoms with Crippen LogP contribution in [-0.4, -0.2) is 38.8 Å². The Kier molecular flexibility index (Phi) is 4.80. The molecule has 0 aromatic heterocycles. The van der Waals surface area contributed by atoms with Crippen LogP contribution in [0.5, 0.6) is 0 Å². The lowest BCUT2D eigenvalue weighted by Gasteiger charge is -2.61. The molecule has 1 aromatic rings. The standard InChI is InChI=1S/C28H36FNO3/c1-26-12-9-19(31)15-17(26)5-8-20-21(26)10-13-27(2)22(20)11-14-28(27)25(33)23(30-28)24(32)16-3-6-18(29)7-4-16/h3-7,19-22,24-25,31-33H,8-15H2,1-2H3/t19-,20+,21-,22-,24-,25+,26-,27-,28-/m0/s1. The molecule has 5 aliphatic rings. The third kappa shape index (κ3) is 2.82. The molecule has 1 aromatic carbocycles. The highest BCUT2D eigenvalue weighted by Gasteiger charge is 2.70. The molecule has 3 N–H and O–H groups in total. The van der Waals surface area contributed by atoms with Gasteiger partial charge in [-0.15, -0.1) is 0 Å². The first kappa shape index (κ1) is 21.9. The quantitative estimate of drug-likeness (QED) is 0.567. The number of halogens is 1. The van der Waals surface area contributed by atoms with E-state index < -0.39 is 17.7 Å². The molecule has 6 rings (SSSR count). The van der Waals surface area contributed by atoms with Crippen molar-refractivity contribution in [1.29, 1.82) is 0 Å². The summed E-state index contributed by atoms with van der Waals surface area (Å²) in [5.74, 6) is 1.41. The average molecular weight is 454 g/mol. The molecular weight excluding hydrogens is 417 g/mol. The van der Waals surface area contributed by atoms with Gasteiger partial charge in [-0.1, -0.05) is 37.6 Å². The summed E-state index contributed by atoms with van der Waals surface area (Å²) in [5.41, 5.74) is 2.10. The van der Waals surface area contributed by atoms with E-state index in [4.69, 9.17) is 4.99 Å². The normalized spacial score (nSPS) is 47.0. The summed E-state index contributed by atoms with van der Waals surface area (Å²) in [5, 5.41) is 32.5.